The fraction of sp³-hybridized carbons (Fsp3) is 0.429. The molecule has 0 heterocycles. The molecule has 0 aliphatic rings. The molecule has 23 heavy (non-hydrogen) atoms. The number of halogens is 3. The Kier molecular flexibility index (Phi) is 5.60. The molecule has 0 bridgehead atoms. The van der Waals surface area contributed by atoms with Crippen LogP contribution in [-0.2, 0) is 11.0 Å². The highest BCUT2D eigenvalue weighted by Crippen LogP contribution is 2.31. The molecular weight excluding hydrogens is 317 g/mol. The van der Waals surface area contributed by atoms with Crippen LogP contribution >= 0.6 is 0 Å². The van der Waals surface area contributed by atoms with Gasteiger partial charge in [-0.15, -0.1) is 0 Å². The van der Waals surface area contributed by atoms with Gasteiger partial charge in [-0.3, -0.25) is 4.79 Å². The molecule has 1 rings (SSSR count). The lowest BCUT2D eigenvalue weighted by atomic mass is 10.0. The van der Waals surface area contributed by atoms with Gasteiger partial charge in [0.25, 0.3) is 0 Å². The largest absolute Gasteiger partial charge is 0.465 e. The molecule has 1 unspecified atom stereocenters. The predicted molar refractivity (Wildman–Crippen MR) is 74.7 cm³/mol. The first-order valence-corrected chi connectivity index (χ1v) is 6.56. The summed E-state index contributed by atoms with van der Waals surface area (Å²) in [5.74, 6) is -0.870. The monoisotopic (exact) mass is 334 g/mol. The van der Waals surface area contributed by atoms with Crippen molar-refractivity contribution in [2.24, 2.45) is 0 Å². The normalized spacial score (nSPS) is 13.3. The molecule has 0 aliphatic carbocycles. The molecule has 0 saturated carbocycles. The lowest BCUT2D eigenvalue weighted by Crippen LogP contribution is -2.51. The second-order valence-corrected chi connectivity index (χ2v) is 5.54. The van der Waals surface area contributed by atoms with Crippen LogP contribution in [0.4, 0.5) is 18.0 Å². The number of carbonyl (C=O) groups is 2. The summed E-state index contributed by atoms with van der Waals surface area (Å²) < 4.78 is 38.3. The molecule has 1 atom stereocenters. The second kappa shape index (κ2) is 6.86. The van der Waals surface area contributed by atoms with Crippen molar-refractivity contribution < 1.29 is 33.0 Å². The number of aliphatic hydroxyl groups excluding tert-OH is 1. The molecule has 1 aromatic rings. The van der Waals surface area contributed by atoms with Crippen LogP contribution in [-0.4, -0.2) is 34.4 Å². The lowest BCUT2D eigenvalue weighted by molar-refractivity contribution is -0.137. The standard InChI is InChI=1S/C14H17F3N2O4/c1-13(2,7-20)19-11(21)10(18-12(22)23)8-4-3-5-9(6-8)14(15,16)17/h3-6,10,18,20H,7H2,1-2H3,(H,19,21)(H,22,23). The van der Waals surface area contributed by atoms with E-state index in [2.05, 4.69) is 5.32 Å². The van der Waals surface area contributed by atoms with E-state index < -0.39 is 41.9 Å². The van der Waals surface area contributed by atoms with E-state index in [0.29, 0.717) is 6.07 Å². The van der Waals surface area contributed by atoms with E-state index in [0.717, 1.165) is 12.1 Å². The van der Waals surface area contributed by atoms with E-state index in [1.807, 2.05) is 5.32 Å². The Morgan fingerprint density at radius 2 is 1.87 bits per heavy atom. The average molecular weight is 334 g/mol. The Morgan fingerprint density at radius 1 is 1.26 bits per heavy atom. The van der Waals surface area contributed by atoms with Gasteiger partial charge in [0.15, 0.2) is 0 Å². The lowest BCUT2D eigenvalue weighted by Gasteiger charge is -2.27. The predicted octanol–water partition coefficient (Wildman–Crippen LogP) is 1.90. The summed E-state index contributed by atoms with van der Waals surface area (Å²) >= 11 is 0. The maximum atomic E-state index is 12.8. The Bertz CT molecular complexity index is 588. The van der Waals surface area contributed by atoms with Crippen molar-refractivity contribution in [1.29, 1.82) is 0 Å². The van der Waals surface area contributed by atoms with Crippen molar-refractivity contribution in [2.75, 3.05) is 6.61 Å². The molecule has 0 saturated heterocycles. The van der Waals surface area contributed by atoms with E-state index >= 15 is 0 Å². The van der Waals surface area contributed by atoms with Gasteiger partial charge in [-0.25, -0.2) is 4.79 Å². The van der Waals surface area contributed by atoms with Gasteiger partial charge in [0.05, 0.1) is 17.7 Å². The van der Waals surface area contributed by atoms with Crippen molar-refractivity contribution in [3.63, 3.8) is 0 Å². The zero-order valence-electron chi connectivity index (χ0n) is 12.4. The Labute approximate surface area is 130 Å². The van der Waals surface area contributed by atoms with Crippen LogP contribution in [0, 0.1) is 0 Å². The van der Waals surface area contributed by atoms with Gasteiger partial charge in [-0.2, -0.15) is 13.2 Å². The highest BCUT2D eigenvalue weighted by Gasteiger charge is 2.33. The number of alkyl halides is 3. The summed E-state index contributed by atoms with van der Waals surface area (Å²) in [6.07, 6.45) is -6.19. The SMILES string of the molecule is CC(C)(CO)NC(=O)C(NC(=O)O)c1cccc(C(F)(F)F)c1. The van der Waals surface area contributed by atoms with Gasteiger partial charge in [0.1, 0.15) is 6.04 Å². The number of carboxylic acid groups (broad SMARTS) is 1. The second-order valence-electron chi connectivity index (χ2n) is 5.54. The maximum Gasteiger partial charge on any atom is 0.416 e. The van der Waals surface area contributed by atoms with Gasteiger partial charge in [0, 0.05) is 0 Å². The number of aliphatic hydroxyl groups is 1. The molecule has 6 nitrogen and oxygen atoms in total. The molecule has 0 aliphatic heterocycles. The van der Waals surface area contributed by atoms with Crippen molar-refractivity contribution >= 4 is 12.0 Å². The molecule has 0 spiro atoms. The number of hydrogen-bond donors (Lipinski definition) is 4. The number of hydrogen-bond acceptors (Lipinski definition) is 3. The number of carbonyl (C=O) groups excluding carboxylic acids is 1. The van der Waals surface area contributed by atoms with Gasteiger partial charge < -0.3 is 20.8 Å². The van der Waals surface area contributed by atoms with Crippen molar-refractivity contribution in [1.82, 2.24) is 10.6 Å². The van der Waals surface area contributed by atoms with Crippen LogP contribution in [0.15, 0.2) is 24.3 Å². The molecule has 0 radical (unpaired) electrons. The minimum atomic E-state index is -4.62. The van der Waals surface area contributed by atoms with Crippen LogP contribution in [0.2, 0.25) is 0 Å². The number of rotatable bonds is 5. The Morgan fingerprint density at radius 3 is 2.35 bits per heavy atom. The van der Waals surface area contributed by atoms with Crippen LogP contribution in [0.25, 0.3) is 0 Å². The zero-order chi connectivity index (χ0) is 17.8. The van der Waals surface area contributed by atoms with Crippen molar-refractivity contribution in [3.8, 4) is 0 Å². The third-order valence-corrected chi connectivity index (χ3v) is 2.93. The quantitative estimate of drug-likeness (QED) is 0.661. The summed E-state index contributed by atoms with van der Waals surface area (Å²) in [5, 5.41) is 22.2. The van der Waals surface area contributed by atoms with Crippen molar-refractivity contribution in [2.45, 2.75) is 31.6 Å². The van der Waals surface area contributed by atoms with Crippen LogP contribution in [0.1, 0.15) is 31.0 Å². The highest BCUT2D eigenvalue weighted by atomic mass is 19.4. The average Bonchev–Trinajstić information content (AvgIpc) is 2.43. The van der Waals surface area contributed by atoms with Gasteiger partial charge in [0.2, 0.25) is 5.91 Å². The Hall–Kier alpha value is -2.29. The van der Waals surface area contributed by atoms with Gasteiger partial charge >= 0.3 is 12.3 Å². The number of benzene rings is 1. The minimum Gasteiger partial charge on any atom is -0.465 e. The maximum absolute atomic E-state index is 12.8. The summed E-state index contributed by atoms with van der Waals surface area (Å²) in [6.45, 7) is 2.53. The molecule has 4 N–H and O–H groups in total. The van der Waals surface area contributed by atoms with Gasteiger partial charge in [-0.05, 0) is 31.5 Å². The number of nitrogens with one attached hydrogen (secondary N) is 2. The Balaban J connectivity index is 3.17. The minimum absolute atomic E-state index is 0.159. The number of amides is 2. The van der Waals surface area contributed by atoms with Crippen molar-refractivity contribution in [3.05, 3.63) is 35.4 Å². The van der Waals surface area contributed by atoms with Crippen LogP contribution in [0.5, 0.6) is 0 Å². The van der Waals surface area contributed by atoms with Gasteiger partial charge in [-0.1, -0.05) is 12.1 Å². The first kappa shape index (κ1) is 18.8. The summed E-state index contributed by atoms with van der Waals surface area (Å²) in [4.78, 5) is 23.0. The third kappa shape index (κ3) is 5.44. The molecular formula is C14H17F3N2O4. The fourth-order valence-electron chi connectivity index (χ4n) is 1.76. The van der Waals surface area contributed by atoms with E-state index in [1.54, 1.807) is 0 Å². The van der Waals surface area contributed by atoms with E-state index in [9.17, 15) is 22.8 Å². The zero-order valence-corrected chi connectivity index (χ0v) is 12.4. The first-order chi connectivity index (χ1) is 10.5. The topological polar surface area (TPSA) is 98.7 Å². The first-order valence-electron chi connectivity index (χ1n) is 6.56. The van der Waals surface area contributed by atoms with Crippen LogP contribution in [0.3, 0.4) is 0 Å². The van der Waals surface area contributed by atoms with E-state index in [4.69, 9.17) is 10.2 Å². The molecule has 2 amide bonds. The highest BCUT2D eigenvalue weighted by molar-refractivity contribution is 5.87. The summed E-state index contributed by atoms with van der Waals surface area (Å²) in [7, 11) is 0. The molecule has 1 aromatic carbocycles. The van der Waals surface area contributed by atoms with E-state index in [1.165, 1.54) is 19.9 Å². The molecule has 0 aromatic heterocycles. The smallest absolute Gasteiger partial charge is 0.416 e. The van der Waals surface area contributed by atoms with Crippen LogP contribution < -0.4 is 10.6 Å². The molecule has 0 fully saturated rings. The third-order valence-electron chi connectivity index (χ3n) is 2.93. The fourth-order valence-corrected chi connectivity index (χ4v) is 1.76. The molecule has 9 heteroatoms. The summed E-state index contributed by atoms with van der Waals surface area (Å²) in [6, 6.07) is 2.27. The molecule has 128 valence electrons. The van der Waals surface area contributed by atoms with E-state index in [-0.39, 0.29) is 5.56 Å². The summed E-state index contributed by atoms with van der Waals surface area (Å²) in [5.41, 5.74) is -2.22.